The summed E-state index contributed by atoms with van der Waals surface area (Å²) < 4.78 is 15.1. The molecule has 1 amide bonds. The number of aryl methyl sites for hydroxylation is 2. The van der Waals surface area contributed by atoms with Gasteiger partial charge in [-0.1, -0.05) is 0 Å². The second kappa shape index (κ2) is 10.3. The van der Waals surface area contributed by atoms with Crippen LogP contribution in [0, 0.1) is 27.7 Å². The van der Waals surface area contributed by atoms with E-state index >= 15 is 0 Å². The van der Waals surface area contributed by atoms with Crippen molar-refractivity contribution < 1.29 is 33.4 Å². The number of ether oxygens (including phenoxy) is 3. The summed E-state index contributed by atoms with van der Waals surface area (Å²) in [6.07, 6.45) is 0. The molecule has 2 heterocycles. The molecular formula is C21H26N2O7S. The molecule has 2 N–H and O–H groups in total. The molecule has 0 fully saturated rings. The van der Waals surface area contributed by atoms with Gasteiger partial charge in [0.05, 0.1) is 24.3 Å². The van der Waals surface area contributed by atoms with Gasteiger partial charge in [0.1, 0.15) is 10.7 Å². The van der Waals surface area contributed by atoms with Crippen LogP contribution in [-0.4, -0.2) is 48.6 Å². The van der Waals surface area contributed by atoms with Crippen LogP contribution in [0.3, 0.4) is 0 Å². The first kappa shape index (κ1) is 24.1. The van der Waals surface area contributed by atoms with Gasteiger partial charge in [0.2, 0.25) is 0 Å². The summed E-state index contributed by atoms with van der Waals surface area (Å²) >= 11 is 1.24. The Morgan fingerprint density at radius 3 is 2.03 bits per heavy atom. The number of thiophene rings is 1. The number of aromatic nitrogens is 1. The summed E-state index contributed by atoms with van der Waals surface area (Å²) in [5, 5.41) is 2.95. The van der Waals surface area contributed by atoms with E-state index in [4.69, 9.17) is 14.2 Å². The Labute approximate surface area is 184 Å². The first-order valence-electron chi connectivity index (χ1n) is 9.72. The van der Waals surface area contributed by atoms with Gasteiger partial charge < -0.3 is 24.5 Å². The van der Waals surface area contributed by atoms with Crippen molar-refractivity contribution in [3.63, 3.8) is 0 Å². The Morgan fingerprint density at radius 2 is 1.42 bits per heavy atom. The van der Waals surface area contributed by atoms with Crippen molar-refractivity contribution in [1.29, 1.82) is 0 Å². The quantitative estimate of drug-likeness (QED) is 0.466. The molecule has 0 bridgehead atoms. The molecule has 168 valence electrons. The van der Waals surface area contributed by atoms with Gasteiger partial charge >= 0.3 is 17.9 Å². The maximum Gasteiger partial charge on any atom is 0.355 e. The Balaban J connectivity index is 2.09. The zero-order valence-corrected chi connectivity index (χ0v) is 19.2. The molecule has 9 nitrogen and oxygen atoms in total. The minimum atomic E-state index is -0.749. The lowest BCUT2D eigenvalue weighted by molar-refractivity contribution is -0.119. The van der Waals surface area contributed by atoms with Crippen LogP contribution in [0.1, 0.15) is 66.7 Å². The van der Waals surface area contributed by atoms with Crippen LogP contribution >= 0.6 is 11.3 Å². The van der Waals surface area contributed by atoms with Crippen LogP contribution in [-0.2, 0) is 19.0 Å². The van der Waals surface area contributed by atoms with Crippen molar-refractivity contribution in [2.45, 2.75) is 41.5 Å². The number of rotatable bonds is 8. The zero-order chi connectivity index (χ0) is 23.3. The molecule has 0 spiro atoms. The van der Waals surface area contributed by atoms with Crippen molar-refractivity contribution in [2.75, 3.05) is 25.1 Å². The van der Waals surface area contributed by atoms with Crippen LogP contribution in [0.4, 0.5) is 5.00 Å². The zero-order valence-electron chi connectivity index (χ0n) is 18.4. The topological polar surface area (TPSA) is 124 Å². The highest BCUT2D eigenvalue weighted by molar-refractivity contribution is 7.16. The molecule has 31 heavy (non-hydrogen) atoms. The third-order valence-electron chi connectivity index (χ3n) is 4.57. The lowest BCUT2D eigenvalue weighted by Crippen LogP contribution is -2.22. The third kappa shape index (κ3) is 5.32. The fraction of sp³-hybridized carbons (Fsp3) is 0.429. The molecule has 0 saturated heterocycles. The fourth-order valence-corrected chi connectivity index (χ4v) is 4.06. The van der Waals surface area contributed by atoms with Crippen molar-refractivity contribution in [2.24, 2.45) is 0 Å². The lowest BCUT2D eigenvalue weighted by atomic mass is 10.1. The SMILES string of the molecule is CCOC(=O)c1[nH]c(C)c(C(=O)OCC(=O)Nc2sc(C)c(C)c2C(=O)OCC)c1C. The van der Waals surface area contributed by atoms with Gasteiger partial charge in [0.25, 0.3) is 5.91 Å². The summed E-state index contributed by atoms with van der Waals surface area (Å²) in [6.45, 7) is 10.0. The Hall–Kier alpha value is -3.14. The predicted octanol–water partition coefficient (Wildman–Crippen LogP) is 3.46. The number of amides is 1. The molecule has 0 saturated carbocycles. The van der Waals surface area contributed by atoms with Gasteiger partial charge in [-0.15, -0.1) is 11.3 Å². The van der Waals surface area contributed by atoms with Crippen LogP contribution in [0.15, 0.2) is 0 Å². The maximum absolute atomic E-state index is 12.5. The number of aromatic amines is 1. The second-order valence-electron chi connectivity index (χ2n) is 6.68. The average Bonchev–Trinajstić information content (AvgIpc) is 3.15. The number of carbonyl (C=O) groups is 4. The van der Waals surface area contributed by atoms with E-state index in [9.17, 15) is 19.2 Å². The summed E-state index contributed by atoms with van der Waals surface area (Å²) in [6, 6.07) is 0. The molecule has 0 atom stereocenters. The largest absolute Gasteiger partial charge is 0.462 e. The van der Waals surface area contributed by atoms with E-state index in [0.717, 1.165) is 10.4 Å². The molecule has 0 radical (unpaired) electrons. The van der Waals surface area contributed by atoms with Crippen molar-refractivity contribution in [3.05, 3.63) is 38.5 Å². The summed E-state index contributed by atoms with van der Waals surface area (Å²) in [5.41, 5.74) is 2.17. The monoisotopic (exact) mass is 450 g/mol. The number of hydrogen-bond donors (Lipinski definition) is 2. The number of anilines is 1. The van der Waals surface area contributed by atoms with Crippen molar-refractivity contribution >= 4 is 40.2 Å². The van der Waals surface area contributed by atoms with Crippen LogP contribution < -0.4 is 5.32 Å². The minimum Gasteiger partial charge on any atom is -0.462 e. The van der Waals surface area contributed by atoms with E-state index in [1.807, 2.05) is 6.92 Å². The van der Waals surface area contributed by atoms with Gasteiger partial charge in [-0.2, -0.15) is 0 Å². The predicted molar refractivity (Wildman–Crippen MR) is 115 cm³/mol. The molecule has 0 aliphatic carbocycles. The van der Waals surface area contributed by atoms with Crippen molar-refractivity contribution in [1.82, 2.24) is 4.98 Å². The van der Waals surface area contributed by atoms with E-state index in [2.05, 4.69) is 10.3 Å². The summed E-state index contributed by atoms with van der Waals surface area (Å²) in [5.74, 6) is -2.45. The van der Waals surface area contributed by atoms with E-state index in [1.54, 1.807) is 34.6 Å². The van der Waals surface area contributed by atoms with Gasteiger partial charge in [-0.25, -0.2) is 14.4 Å². The first-order valence-corrected chi connectivity index (χ1v) is 10.5. The number of nitrogens with one attached hydrogen (secondary N) is 2. The fourth-order valence-electron chi connectivity index (χ4n) is 2.99. The van der Waals surface area contributed by atoms with Crippen LogP contribution in [0.25, 0.3) is 0 Å². The number of H-pyrrole nitrogens is 1. The Morgan fingerprint density at radius 1 is 0.839 bits per heavy atom. The molecule has 0 unspecified atom stereocenters. The molecule has 10 heteroatoms. The standard InChI is InChI=1S/C21H26N2O7S/c1-7-28-20(26)16-10(3)13(6)31-18(16)23-14(24)9-30-19(25)15-11(4)17(22-12(15)5)21(27)29-8-2/h22H,7-9H2,1-6H3,(H,23,24). The highest BCUT2D eigenvalue weighted by Crippen LogP contribution is 2.33. The Bertz CT molecular complexity index is 1020. The average molecular weight is 451 g/mol. The van der Waals surface area contributed by atoms with E-state index in [-0.39, 0.29) is 24.5 Å². The number of esters is 3. The van der Waals surface area contributed by atoms with E-state index < -0.39 is 30.4 Å². The third-order valence-corrected chi connectivity index (χ3v) is 5.70. The number of carbonyl (C=O) groups excluding carboxylic acids is 4. The van der Waals surface area contributed by atoms with Gasteiger partial charge in [0, 0.05) is 10.6 Å². The maximum atomic E-state index is 12.5. The molecule has 0 aliphatic rings. The van der Waals surface area contributed by atoms with Gasteiger partial charge in [0.15, 0.2) is 6.61 Å². The minimum absolute atomic E-state index is 0.166. The van der Waals surface area contributed by atoms with Crippen LogP contribution in [0.2, 0.25) is 0 Å². The first-order chi connectivity index (χ1) is 14.6. The lowest BCUT2D eigenvalue weighted by Gasteiger charge is -2.08. The molecule has 0 aromatic carbocycles. The smallest absolute Gasteiger partial charge is 0.355 e. The molecule has 0 aliphatic heterocycles. The van der Waals surface area contributed by atoms with E-state index in [1.165, 1.54) is 11.3 Å². The van der Waals surface area contributed by atoms with Gasteiger partial charge in [-0.3, -0.25) is 4.79 Å². The number of hydrogen-bond acceptors (Lipinski definition) is 8. The second-order valence-corrected chi connectivity index (χ2v) is 7.90. The Kier molecular flexibility index (Phi) is 7.98. The summed E-state index contributed by atoms with van der Waals surface area (Å²) in [4.78, 5) is 52.7. The highest BCUT2D eigenvalue weighted by atomic mass is 32.1. The van der Waals surface area contributed by atoms with Gasteiger partial charge in [-0.05, 0) is 52.7 Å². The molecular weight excluding hydrogens is 424 g/mol. The molecule has 2 rings (SSSR count). The molecule has 2 aromatic rings. The van der Waals surface area contributed by atoms with Crippen LogP contribution in [0.5, 0.6) is 0 Å². The highest BCUT2D eigenvalue weighted by Gasteiger charge is 2.25. The van der Waals surface area contributed by atoms with E-state index in [0.29, 0.717) is 21.8 Å². The van der Waals surface area contributed by atoms with Crippen molar-refractivity contribution in [3.8, 4) is 0 Å². The molecule has 2 aromatic heterocycles. The summed E-state index contributed by atoms with van der Waals surface area (Å²) in [7, 11) is 0. The normalized spacial score (nSPS) is 10.5.